The summed E-state index contributed by atoms with van der Waals surface area (Å²) in [6, 6.07) is 1.63. The lowest BCUT2D eigenvalue weighted by atomic mass is 9.84. The molecule has 3 rings (SSSR count). The molecule has 1 amide bonds. The Kier molecular flexibility index (Phi) is 9.20. The number of sulfone groups is 1. The van der Waals surface area contributed by atoms with Gasteiger partial charge in [0.05, 0.1) is 27.5 Å². The highest BCUT2D eigenvalue weighted by Gasteiger charge is 2.38. The number of alkyl halides is 3. The Balaban J connectivity index is 1.81. The van der Waals surface area contributed by atoms with Crippen LogP contribution in [0.15, 0.2) is 12.3 Å². The summed E-state index contributed by atoms with van der Waals surface area (Å²) >= 11 is 6.63. The van der Waals surface area contributed by atoms with E-state index < -0.39 is 38.7 Å². The number of aryl methyl sites for hydroxylation is 2. The van der Waals surface area contributed by atoms with Crippen molar-refractivity contribution in [2.24, 2.45) is 5.92 Å². The van der Waals surface area contributed by atoms with E-state index in [1.165, 1.54) is 17.1 Å². The Hall–Kier alpha value is -2.18. The standard InChI is InChI=1S/C25H34ClF3N4O4S/c1-5-16-12-17(11-15(3)25(27,28)29)30-13-19(16)22-20(26)21(32-33(22)6-2)23(34)31-14-24(35)9-7-18(8-10-24)38(4,36)37/h12-13,15,18,35H,5-11,14H2,1-4H3,(H,31,34). The summed E-state index contributed by atoms with van der Waals surface area (Å²) in [5, 5.41) is 17.5. The van der Waals surface area contributed by atoms with E-state index in [0.29, 0.717) is 42.8 Å². The number of amides is 1. The summed E-state index contributed by atoms with van der Waals surface area (Å²) in [6.45, 7) is 5.08. The minimum absolute atomic E-state index is 0.0474. The molecule has 2 aromatic heterocycles. The quantitative estimate of drug-likeness (QED) is 0.457. The summed E-state index contributed by atoms with van der Waals surface area (Å²) in [4.78, 5) is 17.3. The highest BCUT2D eigenvalue weighted by Crippen LogP contribution is 2.35. The molecule has 38 heavy (non-hydrogen) atoms. The first-order valence-electron chi connectivity index (χ1n) is 12.6. The third-order valence-electron chi connectivity index (χ3n) is 7.21. The van der Waals surface area contributed by atoms with Gasteiger partial charge in [-0.3, -0.25) is 14.5 Å². The van der Waals surface area contributed by atoms with Crippen LogP contribution in [-0.4, -0.2) is 64.0 Å². The molecule has 1 aliphatic carbocycles. The number of carbonyl (C=O) groups is 1. The Bertz CT molecular complexity index is 1270. The van der Waals surface area contributed by atoms with Gasteiger partial charge in [-0.1, -0.05) is 25.4 Å². The Morgan fingerprint density at radius 3 is 2.47 bits per heavy atom. The van der Waals surface area contributed by atoms with E-state index in [1.807, 2.05) is 13.8 Å². The summed E-state index contributed by atoms with van der Waals surface area (Å²) in [7, 11) is -3.19. The molecule has 2 aromatic rings. The first-order valence-corrected chi connectivity index (χ1v) is 14.9. The lowest BCUT2D eigenvalue weighted by molar-refractivity contribution is -0.169. The van der Waals surface area contributed by atoms with Crippen LogP contribution in [0.5, 0.6) is 0 Å². The van der Waals surface area contributed by atoms with Gasteiger partial charge >= 0.3 is 6.18 Å². The van der Waals surface area contributed by atoms with Crippen LogP contribution in [0.2, 0.25) is 5.02 Å². The molecule has 13 heteroatoms. The van der Waals surface area contributed by atoms with Crippen molar-refractivity contribution in [2.45, 2.75) is 82.9 Å². The summed E-state index contributed by atoms with van der Waals surface area (Å²) in [5.41, 5.74) is 0.769. The molecule has 0 bridgehead atoms. The van der Waals surface area contributed by atoms with E-state index in [1.54, 1.807) is 6.07 Å². The second-order valence-corrected chi connectivity index (χ2v) is 12.8. The van der Waals surface area contributed by atoms with Gasteiger partial charge in [-0.25, -0.2) is 8.42 Å². The van der Waals surface area contributed by atoms with E-state index in [0.717, 1.165) is 12.5 Å². The smallest absolute Gasteiger partial charge is 0.388 e. The number of aliphatic hydroxyl groups is 1. The predicted octanol–water partition coefficient (Wildman–Crippen LogP) is 4.37. The van der Waals surface area contributed by atoms with E-state index in [9.17, 15) is 31.5 Å². The molecule has 2 heterocycles. The molecule has 0 aromatic carbocycles. The van der Waals surface area contributed by atoms with Crippen molar-refractivity contribution in [1.82, 2.24) is 20.1 Å². The van der Waals surface area contributed by atoms with Crippen molar-refractivity contribution in [2.75, 3.05) is 12.8 Å². The zero-order chi connectivity index (χ0) is 28.5. The highest BCUT2D eigenvalue weighted by atomic mass is 35.5. The van der Waals surface area contributed by atoms with Gasteiger partial charge in [-0.15, -0.1) is 0 Å². The molecule has 8 nitrogen and oxygen atoms in total. The lowest BCUT2D eigenvalue weighted by Gasteiger charge is -2.35. The Labute approximate surface area is 225 Å². The number of carbonyl (C=O) groups excluding carboxylic acids is 1. The molecule has 1 unspecified atom stereocenters. The van der Waals surface area contributed by atoms with Gasteiger partial charge in [0.15, 0.2) is 5.69 Å². The zero-order valence-corrected chi connectivity index (χ0v) is 23.5. The molecule has 1 saturated carbocycles. The average Bonchev–Trinajstić information content (AvgIpc) is 3.17. The van der Waals surface area contributed by atoms with Gasteiger partial charge in [0, 0.05) is 43.2 Å². The second kappa shape index (κ2) is 11.5. The van der Waals surface area contributed by atoms with Gasteiger partial charge in [0.1, 0.15) is 9.84 Å². The number of nitrogens with zero attached hydrogens (tertiary/aromatic N) is 3. The Morgan fingerprint density at radius 1 is 1.32 bits per heavy atom. The maximum atomic E-state index is 13.0. The van der Waals surface area contributed by atoms with Crippen LogP contribution >= 0.6 is 11.6 Å². The molecule has 0 spiro atoms. The molecule has 0 saturated heterocycles. The first-order chi connectivity index (χ1) is 17.6. The first kappa shape index (κ1) is 30.4. The van der Waals surface area contributed by atoms with Crippen molar-refractivity contribution in [3.05, 3.63) is 34.2 Å². The van der Waals surface area contributed by atoms with E-state index in [4.69, 9.17) is 11.6 Å². The molecule has 1 atom stereocenters. The molecule has 0 radical (unpaired) electrons. The van der Waals surface area contributed by atoms with Crippen LogP contribution in [0.4, 0.5) is 13.2 Å². The number of aromatic nitrogens is 3. The van der Waals surface area contributed by atoms with Gasteiger partial charge in [0.25, 0.3) is 5.91 Å². The normalized spacial score (nSPS) is 21.3. The van der Waals surface area contributed by atoms with E-state index in [2.05, 4.69) is 15.4 Å². The van der Waals surface area contributed by atoms with Crippen LogP contribution in [0.3, 0.4) is 0 Å². The summed E-state index contributed by atoms with van der Waals surface area (Å²) < 4.78 is 64.2. The third kappa shape index (κ3) is 6.87. The molecular weight excluding hydrogens is 545 g/mol. The van der Waals surface area contributed by atoms with Gasteiger partial charge in [0.2, 0.25) is 0 Å². The van der Waals surface area contributed by atoms with Gasteiger partial charge in [-0.05, 0) is 50.7 Å². The molecule has 1 aliphatic rings. The second-order valence-electron chi connectivity index (χ2n) is 10.1. The predicted molar refractivity (Wildman–Crippen MR) is 139 cm³/mol. The maximum Gasteiger partial charge on any atom is 0.391 e. The number of halogens is 4. The van der Waals surface area contributed by atoms with Crippen molar-refractivity contribution in [3.8, 4) is 11.3 Å². The van der Waals surface area contributed by atoms with Crippen LogP contribution in [0.25, 0.3) is 11.3 Å². The van der Waals surface area contributed by atoms with Gasteiger partial charge in [-0.2, -0.15) is 18.3 Å². The monoisotopic (exact) mass is 578 g/mol. The summed E-state index contributed by atoms with van der Waals surface area (Å²) in [5.74, 6) is -2.13. The molecule has 2 N–H and O–H groups in total. The van der Waals surface area contributed by atoms with Crippen LogP contribution in [0, 0.1) is 5.92 Å². The lowest BCUT2D eigenvalue weighted by Crippen LogP contribution is -2.47. The molecule has 0 aliphatic heterocycles. The van der Waals surface area contributed by atoms with Crippen molar-refractivity contribution < 1.29 is 31.5 Å². The van der Waals surface area contributed by atoms with Crippen LogP contribution in [-0.2, 0) is 29.2 Å². The molecule has 212 valence electrons. The maximum absolute atomic E-state index is 13.0. The van der Waals surface area contributed by atoms with Crippen molar-refractivity contribution >= 4 is 27.3 Å². The minimum atomic E-state index is -4.32. The van der Waals surface area contributed by atoms with Crippen LogP contribution in [0.1, 0.15) is 68.2 Å². The van der Waals surface area contributed by atoms with E-state index >= 15 is 0 Å². The number of nitrogens with one attached hydrogen (secondary N) is 1. The largest absolute Gasteiger partial charge is 0.391 e. The minimum Gasteiger partial charge on any atom is -0.388 e. The third-order valence-corrected chi connectivity index (χ3v) is 9.25. The Morgan fingerprint density at radius 2 is 1.95 bits per heavy atom. The van der Waals surface area contributed by atoms with E-state index in [-0.39, 0.29) is 36.5 Å². The number of hydrogen-bond acceptors (Lipinski definition) is 6. The van der Waals surface area contributed by atoms with Crippen LogP contribution < -0.4 is 5.32 Å². The number of pyridine rings is 1. The van der Waals surface area contributed by atoms with Gasteiger partial charge < -0.3 is 10.4 Å². The summed E-state index contributed by atoms with van der Waals surface area (Å²) in [6.07, 6.45) is -0.328. The molecule has 1 fully saturated rings. The SMILES string of the molecule is CCc1cc(CC(C)C(F)(F)F)ncc1-c1c(Cl)c(C(=O)NCC2(O)CCC(S(C)(=O)=O)CC2)nn1CC. The average molecular weight is 579 g/mol. The topological polar surface area (TPSA) is 114 Å². The van der Waals surface area contributed by atoms with Crippen molar-refractivity contribution in [1.29, 1.82) is 0 Å². The zero-order valence-electron chi connectivity index (χ0n) is 21.9. The fourth-order valence-corrected chi connectivity index (χ4v) is 6.14. The highest BCUT2D eigenvalue weighted by molar-refractivity contribution is 7.91. The number of hydrogen-bond donors (Lipinski definition) is 2. The fraction of sp³-hybridized carbons (Fsp3) is 0.640. The van der Waals surface area contributed by atoms with Crippen molar-refractivity contribution in [3.63, 3.8) is 0 Å². The number of rotatable bonds is 9. The fourth-order valence-electron chi connectivity index (χ4n) is 4.73. The molecular formula is C25H34ClF3N4O4S.